The summed E-state index contributed by atoms with van der Waals surface area (Å²) >= 11 is 0. The molecule has 1 nitrogen and oxygen atoms in total. The quantitative estimate of drug-likeness (QED) is 0.604. The van der Waals surface area contributed by atoms with Crippen molar-refractivity contribution in [2.75, 3.05) is 0 Å². The van der Waals surface area contributed by atoms with Gasteiger partial charge in [-0.25, -0.2) is 0 Å². The van der Waals surface area contributed by atoms with Crippen LogP contribution in [-0.2, 0) is 4.74 Å². The minimum absolute atomic E-state index is 0.0420. The first-order valence-corrected chi connectivity index (χ1v) is 5.08. The lowest BCUT2D eigenvalue weighted by atomic mass is 10.0. The van der Waals surface area contributed by atoms with Gasteiger partial charge in [-0.2, -0.15) is 0 Å². The van der Waals surface area contributed by atoms with Crippen LogP contribution in [0.3, 0.4) is 0 Å². The molecule has 0 amide bonds. The first-order chi connectivity index (χ1) is 6.07. The summed E-state index contributed by atoms with van der Waals surface area (Å²) < 4.78 is 5.93. The normalized spacial score (nSPS) is 34.2. The van der Waals surface area contributed by atoms with Crippen LogP contribution in [0.2, 0.25) is 0 Å². The molecule has 1 aliphatic heterocycles. The van der Waals surface area contributed by atoms with Crippen molar-refractivity contribution in [2.24, 2.45) is 0 Å². The third-order valence-electron chi connectivity index (χ3n) is 2.57. The minimum Gasteiger partial charge on any atom is -0.364 e. The van der Waals surface area contributed by atoms with Crippen molar-refractivity contribution in [1.29, 1.82) is 0 Å². The summed E-state index contributed by atoms with van der Waals surface area (Å²) in [6, 6.07) is 0. The number of rotatable bonds is 3. The van der Waals surface area contributed by atoms with Crippen molar-refractivity contribution in [3.63, 3.8) is 0 Å². The lowest BCUT2D eigenvalue weighted by Gasteiger charge is -2.21. The number of hydrogen-bond donors (Lipinski definition) is 0. The van der Waals surface area contributed by atoms with Gasteiger partial charge in [0.2, 0.25) is 0 Å². The highest BCUT2D eigenvalue weighted by molar-refractivity contribution is 5.09. The second kappa shape index (κ2) is 4.10. The standard InChI is InChI=1S/C12H20O/c1-5-6-8-12(4)9-7-11(13-12)10(2)3/h6,8,11H,2,5,7,9H2,1,3-4H3/b8-6+/t11-,12-/m0/s1. The smallest absolute Gasteiger partial charge is 0.0843 e. The van der Waals surface area contributed by atoms with Crippen LogP contribution in [0.1, 0.15) is 40.0 Å². The molecule has 0 N–H and O–H groups in total. The molecule has 1 heteroatoms. The maximum absolute atomic E-state index is 5.93. The number of hydrogen-bond acceptors (Lipinski definition) is 1. The zero-order valence-electron chi connectivity index (χ0n) is 8.97. The van der Waals surface area contributed by atoms with Crippen LogP contribution in [0.4, 0.5) is 0 Å². The Labute approximate surface area is 81.5 Å². The molecule has 0 bridgehead atoms. The van der Waals surface area contributed by atoms with Crippen LogP contribution in [0, 0.1) is 0 Å². The van der Waals surface area contributed by atoms with Gasteiger partial charge in [0.05, 0.1) is 11.7 Å². The highest BCUT2D eigenvalue weighted by Crippen LogP contribution is 2.33. The van der Waals surface area contributed by atoms with E-state index in [1.165, 1.54) is 0 Å². The second-order valence-corrected chi connectivity index (χ2v) is 4.11. The van der Waals surface area contributed by atoms with Crippen LogP contribution in [0.25, 0.3) is 0 Å². The Kier molecular flexibility index (Phi) is 3.32. The van der Waals surface area contributed by atoms with Gasteiger partial charge < -0.3 is 4.74 Å². The van der Waals surface area contributed by atoms with Gasteiger partial charge in [-0.15, -0.1) is 0 Å². The van der Waals surface area contributed by atoms with Crippen LogP contribution in [0.5, 0.6) is 0 Å². The molecule has 1 rings (SSSR count). The van der Waals surface area contributed by atoms with E-state index in [-0.39, 0.29) is 11.7 Å². The van der Waals surface area contributed by atoms with Crippen LogP contribution < -0.4 is 0 Å². The third kappa shape index (κ3) is 2.70. The molecule has 0 spiro atoms. The Morgan fingerprint density at radius 1 is 1.69 bits per heavy atom. The summed E-state index contributed by atoms with van der Waals surface area (Å²) in [5.41, 5.74) is 1.10. The van der Waals surface area contributed by atoms with E-state index in [0.29, 0.717) is 0 Å². The molecule has 13 heavy (non-hydrogen) atoms. The Balaban J connectivity index is 2.56. The molecule has 0 unspecified atom stereocenters. The fraction of sp³-hybridized carbons (Fsp3) is 0.667. The van der Waals surface area contributed by atoms with E-state index >= 15 is 0 Å². The maximum Gasteiger partial charge on any atom is 0.0843 e. The average molecular weight is 180 g/mol. The van der Waals surface area contributed by atoms with Gasteiger partial charge in [0, 0.05) is 0 Å². The summed E-state index contributed by atoms with van der Waals surface area (Å²) in [7, 11) is 0. The molecule has 1 saturated heterocycles. The highest BCUT2D eigenvalue weighted by atomic mass is 16.5. The maximum atomic E-state index is 5.93. The SMILES string of the molecule is C=C(C)[C@@H]1CC[C@](C)(/C=C/CC)O1. The molecule has 1 heterocycles. The Morgan fingerprint density at radius 3 is 2.85 bits per heavy atom. The predicted octanol–water partition coefficient (Wildman–Crippen LogP) is 3.47. The fourth-order valence-corrected chi connectivity index (χ4v) is 1.70. The largest absolute Gasteiger partial charge is 0.364 e. The van der Waals surface area contributed by atoms with E-state index in [2.05, 4.69) is 32.6 Å². The molecular weight excluding hydrogens is 160 g/mol. The van der Waals surface area contributed by atoms with E-state index in [4.69, 9.17) is 4.74 Å². The summed E-state index contributed by atoms with van der Waals surface area (Å²) in [4.78, 5) is 0. The summed E-state index contributed by atoms with van der Waals surface area (Å²) in [5.74, 6) is 0. The average Bonchev–Trinajstić information content (AvgIpc) is 2.46. The zero-order valence-corrected chi connectivity index (χ0v) is 8.97. The van der Waals surface area contributed by atoms with Gasteiger partial charge in [-0.1, -0.05) is 31.2 Å². The topological polar surface area (TPSA) is 9.23 Å². The van der Waals surface area contributed by atoms with E-state index in [0.717, 1.165) is 24.8 Å². The van der Waals surface area contributed by atoms with Crippen molar-refractivity contribution in [2.45, 2.75) is 51.7 Å². The predicted molar refractivity (Wildman–Crippen MR) is 56.8 cm³/mol. The molecule has 0 saturated carbocycles. The molecule has 0 aromatic heterocycles. The van der Waals surface area contributed by atoms with Gasteiger partial charge in [-0.3, -0.25) is 0 Å². The molecule has 2 atom stereocenters. The van der Waals surface area contributed by atoms with Crippen LogP contribution in [-0.4, -0.2) is 11.7 Å². The van der Waals surface area contributed by atoms with E-state index in [1.54, 1.807) is 0 Å². The van der Waals surface area contributed by atoms with Gasteiger partial charge in [0.15, 0.2) is 0 Å². The van der Waals surface area contributed by atoms with Crippen LogP contribution >= 0.6 is 0 Å². The number of allylic oxidation sites excluding steroid dienone is 1. The van der Waals surface area contributed by atoms with Crippen molar-refractivity contribution in [1.82, 2.24) is 0 Å². The van der Waals surface area contributed by atoms with Crippen LogP contribution in [0.15, 0.2) is 24.3 Å². The molecule has 0 radical (unpaired) electrons. The summed E-state index contributed by atoms with van der Waals surface area (Å²) in [5, 5.41) is 0. The zero-order chi connectivity index (χ0) is 9.90. The van der Waals surface area contributed by atoms with E-state index in [1.807, 2.05) is 6.92 Å². The fourth-order valence-electron chi connectivity index (χ4n) is 1.70. The molecule has 1 fully saturated rings. The monoisotopic (exact) mass is 180 g/mol. The van der Waals surface area contributed by atoms with Gasteiger partial charge in [0.25, 0.3) is 0 Å². The Morgan fingerprint density at radius 2 is 2.38 bits per heavy atom. The summed E-state index contributed by atoms with van der Waals surface area (Å²) in [6.45, 7) is 10.3. The van der Waals surface area contributed by atoms with Crippen molar-refractivity contribution in [3.05, 3.63) is 24.3 Å². The van der Waals surface area contributed by atoms with Gasteiger partial charge in [-0.05, 0) is 33.1 Å². The number of ether oxygens (including phenoxy) is 1. The molecule has 0 aromatic rings. The molecule has 0 aromatic carbocycles. The molecule has 1 aliphatic rings. The van der Waals surface area contributed by atoms with Gasteiger partial charge in [0.1, 0.15) is 0 Å². The van der Waals surface area contributed by atoms with Crippen molar-refractivity contribution in [3.8, 4) is 0 Å². The molecule has 74 valence electrons. The van der Waals surface area contributed by atoms with Crippen molar-refractivity contribution < 1.29 is 4.74 Å². The Hall–Kier alpha value is -0.560. The Bertz CT molecular complexity index is 217. The van der Waals surface area contributed by atoms with E-state index < -0.39 is 0 Å². The molecule has 0 aliphatic carbocycles. The lowest BCUT2D eigenvalue weighted by molar-refractivity contribution is 0.0220. The third-order valence-corrected chi connectivity index (χ3v) is 2.57. The summed E-state index contributed by atoms with van der Waals surface area (Å²) in [6.07, 6.45) is 7.94. The second-order valence-electron chi connectivity index (χ2n) is 4.11. The van der Waals surface area contributed by atoms with E-state index in [9.17, 15) is 0 Å². The first-order valence-electron chi connectivity index (χ1n) is 5.08. The van der Waals surface area contributed by atoms with Gasteiger partial charge >= 0.3 is 0 Å². The lowest BCUT2D eigenvalue weighted by Crippen LogP contribution is -2.22. The molecular formula is C12H20O. The highest BCUT2D eigenvalue weighted by Gasteiger charge is 2.33. The van der Waals surface area contributed by atoms with Crippen molar-refractivity contribution >= 4 is 0 Å². The minimum atomic E-state index is -0.0420. The first kappa shape index (κ1) is 10.5.